The van der Waals surface area contributed by atoms with Gasteiger partial charge in [-0.05, 0) is 38.1 Å². The number of hydrogen-bond donors (Lipinski definition) is 2. The normalized spacial score (nSPS) is 16.3. The zero-order chi connectivity index (χ0) is 12.1. The monoisotopic (exact) mass is 251 g/mol. The average molecular weight is 251 g/mol. The van der Waals surface area contributed by atoms with Crippen molar-refractivity contribution in [2.45, 2.75) is 45.2 Å². The topological polar surface area (TPSA) is 36.4 Å². The van der Waals surface area contributed by atoms with Crippen LogP contribution in [-0.2, 0) is 6.42 Å². The van der Waals surface area contributed by atoms with Crippen molar-refractivity contribution in [3.63, 3.8) is 0 Å². The van der Waals surface area contributed by atoms with Gasteiger partial charge in [0.25, 0.3) is 0 Å². The first-order chi connectivity index (χ1) is 8.24. The lowest BCUT2D eigenvalue weighted by atomic mass is 10.3. The quantitative estimate of drug-likeness (QED) is 0.623. The predicted octanol–water partition coefficient (Wildman–Crippen LogP) is 2.40. The summed E-state index contributed by atoms with van der Waals surface area (Å²) in [6, 6.07) is 5.35. The molecule has 0 saturated heterocycles. The number of nitrogens with one attached hydrogen (secondary N) is 2. The van der Waals surface area contributed by atoms with E-state index < -0.39 is 0 Å². The van der Waals surface area contributed by atoms with Crippen molar-refractivity contribution >= 4 is 17.3 Å². The SMILES string of the molecule is CC(C)NC(=NCCc1cccs1)NC1CC1. The summed E-state index contributed by atoms with van der Waals surface area (Å²) in [7, 11) is 0. The standard InChI is InChI=1S/C13H21N3S/c1-10(2)15-13(16-11-5-6-11)14-8-7-12-4-3-9-17-12/h3-4,9-11H,5-8H2,1-2H3,(H2,14,15,16). The van der Waals surface area contributed by atoms with Gasteiger partial charge in [-0.15, -0.1) is 11.3 Å². The van der Waals surface area contributed by atoms with Gasteiger partial charge >= 0.3 is 0 Å². The molecule has 1 aliphatic rings. The van der Waals surface area contributed by atoms with Gasteiger partial charge in [0.2, 0.25) is 0 Å². The molecule has 0 bridgehead atoms. The van der Waals surface area contributed by atoms with Crippen molar-refractivity contribution in [3.05, 3.63) is 22.4 Å². The molecule has 0 radical (unpaired) electrons. The molecule has 2 rings (SSSR count). The molecule has 1 aromatic heterocycles. The lowest BCUT2D eigenvalue weighted by molar-refractivity contribution is 0.694. The van der Waals surface area contributed by atoms with Crippen molar-refractivity contribution in [2.24, 2.45) is 4.99 Å². The Kier molecular flexibility index (Phi) is 4.42. The highest BCUT2D eigenvalue weighted by Gasteiger charge is 2.22. The molecule has 2 N–H and O–H groups in total. The summed E-state index contributed by atoms with van der Waals surface area (Å²) in [5.41, 5.74) is 0. The average Bonchev–Trinajstić information content (AvgIpc) is 2.92. The molecule has 3 nitrogen and oxygen atoms in total. The molecule has 0 aromatic carbocycles. The molecule has 1 saturated carbocycles. The zero-order valence-electron chi connectivity index (χ0n) is 10.6. The van der Waals surface area contributed by atoms with Crippen LogP contribution in [0, 0.1) is 0 Å². The van der Waals surface area contributed by atoms with E-state index in [2.05, 4.69) is 47.0 Å². The molecule has 1 aromatic rings. The van der Waals surface area contributed by atoms with Gasteiger partial charge < -0.3 is 10.6 Å². The third-order valence-electron chi connectivity index (χ3n) is 2.55. The van der Waals surface area contributed by atoms with Crippen molar-refractivity contribution in [1.82, 2.24) is 10.6 Å². The summed E-state index contributed by atoms with van der Waals surface area (Å²) in [5.74, 6) is 0.971. The van der Waals surface area contributed by atoms with Crippen LogP contribution in [0.3, 0.4) is 0 Å². The highest BCUT2D eigenvalue weighted by atomic mass is 32.1. The molecule has 4 heteroatoms. The van der Waals surface area contributed by atoms with E-state index in [1.807, 2.05) is 0 Å². The van der Waals surface area contributed by atoms with Crippen molar-refractivity contribution in [3.8, 4) is 0 Å². The second kappa shape index (κ2) is 6.05. The van der Waals surface area contributed by atoms with Gasteiger partial charge in [-0.3, -0.25) is 4.99 Å². The molecular weight excluding hydrogens is 230 g/mol. The maximum absolute atomic E-state index is 4.62. The molecule has 0 spiro atoms. The first-order valence-electron chi connectivity index (χ1n) is 6.34. The van der Waals surface area contributed by atoms with Crippen LogP contribution in [-0.4, -0.2) is 24.6 Å². The maximum atomic E-state index is 4.62. The molecule has 0 atom stereocenters. The Labute approximate surface area is 107 Å². The molecule has 1 fully saturated rings. The Morgan fingerprint density at radius 3 is 2.94 bits per heavy atom. The van der Waals surface area contributed by atoms with E-state index in [-0.39, 0.29) is 0 Å². The number of guanidine groups is 1. The number of nitrogens with zero attached hydrogens (tertiary/aromatic N) is 1. The van der Waals surface area contributed by atoms with Gasteiger partial charge in [-0.25, -0.2) is 0 Å². The van der Waals surface area contributed by atoms with Crippen LogP contribution in [0.25, 0.3) is 0 Å². The van der Waals surface area contributed by atoms with Gasteiger partial charge in [0.1, 0.15) is 0 Å². The van der Waals surface area contributed by atoms with Gasteiger partial charge in [0, 0.05) is 29.9 Å². The molecule has 17 heavy (non-hydrogen) atoms. The van der Waals surface area contributed by atoms with Crippen LogP contribution in [0.15, 0.2) is 22.5 Å². The molecule has 94 valence electrons. The molecule has 0 aliphatic heterocycles. The second-order valence-electron chi connectivity index (χ2n) is 4.78. The Balaban J connectivity index is 1.80. The summed E-state index contributed by atoms with van der Waals surface area (Å²) in [6.07, 6.45) is 3.60. The van der Waals surface area contributed by atoms with E-state index in [4.69, 9.17) is 0 Å². The first kappa shape index (κ1) is 12.4. The molecular formula is C13H21N3S. The van der Waals surface area contributed by atoms with Gasteiger partial charge in [-0.2, -0.15) is 0 Å². The summed E-state index contributed by atoms with van der Waals surface area (Å²) >= 11 is 1.80. The largest absolute Gasteiger partial charge is 0.354 e. The van der Waals surface area contributed by atoms with Crippen molar-refractivity contribution in [2.75, 3.05) is 6.54 Å². The van der Waals surface area contributed by atoms with Crippen LogP contribution < -0.4 is 10.6 Å². The lowest BCUT2D eigenvalue weighted by Crippen LogP contribution is -2.42. The zero-order valence-corrected chi connectivity index (χ0v) is 11.4. The fourth-order valence-corrected chi connectivity index (χ4v) is 2.26. The van der Waals surface area contributed by atoms with Crippen LogP contribution in [0.1, 0.15) is 31.6 Å². The second-order valence-corrected chi connectivity index (χ2v) is 5.81. The Morgan fingerprint density at radius 1 is 1.53 bits per heavy atom. The smallest absolute Gasteiger partial charge is 0.191 e. The summed E-state index contributed by atoms with van der Waals surface area (Å²) < 4.78 is 0. The highest BCUT2D eigenvalue weighted by Crippen LogP contribution is 2.18. The molecule has 0 unspecified atom stereocenters. The molecule has 0 amide bonds. The Bertz CT molecular complexity index is 347. The number of hydrogen-bond acceptors (Lipinski definition) is 2. The summed E-state index contributed by atoms with van der Waals surface area (Å²) in [6.45, 7) is 5.14. The van der Waals surface area contributed by atoms with Crippen LogP contribution in [0.4, 0.5) is 0 Å². The molecule has 1 heterocycles. The summed E-state index contributed by atoms with van der Waals surface area (Å²) in [5, 5.41) is 8.94. The predicted molar refractivity (Wildman–Crippen MR) is 74.8 cm³/mol. The fourth-order valence-electron chi connectivity index (χ4n) is 1.56. The minimum Gasteiger partial charge on any atom is -0.354 e. The van der Waals surface area contributed by atoms with E-state index >= 15 is 0 Å². The van der Waals surface area contributed by atoms with Crippen LogP contribution >= 0.6 is 11.3 Å². The minimum atomic E-state index is 0.432. The highest BCUT2D eigenvalue weighted by molar-refractivity contribution is 7.09. The summed E-state index contributed by atoms with van der Waals surface area (Å²) in [4.78, 5) is 6.03. The van der Waals surface area contributed by atoms with Gasteiger partial charge in [0.15, 0.2) is 5.96 Å². The maximum Gasteiger partial charge on any atom is 0.191 e. The molecule has 1 aliphatic carbocycles. The van der Waals surface area contributed by atoms with Crippen molar-refractivity contribution in [1.29, 1.82) is 0 Å². The fraction of sp³-hybridized carbons (Fsp3) is 0.615. The van der Waals surface area contributed by atoms with E-state index in [1.54, 1.807) is 11.3 Å². The lowest BCUT2D eigenvalue weighted by Gasteiger charge is -2.14. The minimum absolute atomic E-state index is 0.432. The third-order valence-corrected chi connectivity index (χ3v) is 3.49. The number of thiophene rings is 1. The number of aliphatic imine (C=N–C) groups is 1. The van der Waals surface area contributed by atoms with Crippen LogP contribution in [0.2, 0.25) is 0 Å². The van der Waals surface area contributed by atoms with E-state index in [0.717, 1.165) is 18.9 Å². The van der Waals surface area contributed by atoms with E-state index in [9.17, 15) is 0 Å². The number of rotatable bonds is 5. The van der Waals surface area contributed by atoms with Crippen molar-refractivity contribution < 1.29 is 0 Å². The van der Waals surface area contributed by atoms with E-state index in [0.29, 0.717) is 12.1 Å². The first-order valence-corrected chi connectivity index (χ1v) is 7.22. The van der Waals surface area contributed by atoms with Gasteiger partial charge in [0.05, 0.1) is 0 Å². The van der Waals surface area contributed by atoms with E-state index in [1.165, 1.54) is 17.7 Å². The Hall–Kier alpha value is -1.03. The third kappa shape index (κ3) is 4.77. The Morgan fingerprint density at radius 2 is 2.35 bits per heavy atom. The van der Waals surface area contributed by atoms with Crippen LogP contribution in [0.5, 0.6) is 0 Å². The van der Waals surface area contributed by atoms with Gasteiger partial charge in [-0.1, -0.05) is 6.07 Å².